The highest BCUT2D eigenvalue weighted by molar-refractivity contribution is 5.81. The van der Waals surface area contributed by atoms with Crippen LogP contribution in [-0.2, 0) is 9.53 Å². The van der Waals surface area contributed by atoms with Crippen LogP contribution in [0.1, 0.15) is 6.92 Å². The lowest BCUT2D eigenvalue weighted by atomic mass is 10.2. The van der Waals surface area contributed by atoms with Crippen LogP contribution in [0.3, 0.4) is 0 Å². The van der Waals surface area contributed by atoms with Crippen LogP contribution >= 0.6 is 0 Å². The number of nitrogens with zero attached hydrogens (tertiary/aromatic N) is 1. The second kappa shape index (κ2) is 6.60. The molecule has 0 spiro atoms. The van der Waals surface area contributed by atoms with Gasteiger partial charge >= 0.3 is 5.97 Å². The van der Waals surface area contributed by atoms with Gasteiger partial charge in [0, 0.05) is 6.07 Å². The summed E-state index contributed by atoms with van der Waals surface area (Å²) in [6.45, 7) is 1.53. The zero-order chi connectivity index (χ0) is 15.3. The third kappa shape index (κ3) is 3.28. The molecule has 0 fully saturated rings. The minimum absolute atomic E-state index is 0.144. The van der Waals surface area contributed by atoms with Gasteiger partial charge in [-0.3, -0.25) is 10.1 Å². The van der Waals surface area contributed by atoms with E-state index >= 15 is 0 Å². The number of ether oxygens (including phenoxy) is 3. The summed E-state index contributed by atoms with van der Waals surface area (Å²) in [5.74, 6) is 0.0159. The highest BCUT2D eigenvalue weighted by Gasteiger charge is 2.23. The summed E-state index contributed by atoms with van der Waals surface area (Å²) in [5, 5.41) is 13.8. The Hall–Kier alpha value is -2.51. The summed E-state index contributed by atoms with van der Waals surface area (Å²) in [5.41, 5.74) is -0.0797. The van der Waals surface area contributed by atoms with Gasteiger partial charge < -0.3 is 19.5 Å². The molecule has 1 atom stereocenters. The molecule has 110 valence electrons. The smallest absolute Gasteiger partial charge is 0.327 e. The Bertz CT molecular complexity index is 517. The maximum Gasteiger partial charge on any atom is 0.327 e. The van der Waals surface area contributed by atoms with Crippen LogP contribution in [0.4, 0.5) is 11.4 Å². The van der Waals surface area contributed by atoms with Gasteiger partial charge in [-0.05, 0) is 6.92 Å². The Balaban J connectivity index is 3.22. The number of esters is 1. The predicted molar refractivity (Wildman–Crippen MR) is 71.3 cm³/mol. The Kier molecular flexibility index (Phi) is 5.13. The molecule has 0 saturated heterocycles. The Morgan fingerprint density at radius 1 is 1.25 bits per heavy atom. The first-order chi connectivity index (χ1) is 9.44. The number of nitrogens with one attached hydrogen (secondary N) is 1. The molecule has 0 radical (unpaired) electrons. The fraction of sp³-hybridized carbons (Fsp3) is 0.417. The molecular formula is C12H16N2O6. The third-order valence-electron chi connectivity index (χ3n) is 2.63. The lowest BCUT2D eigenvalue weighted by molar-refractivity contribution is -0.384. The van der Waals surface area contributed by atoms with Crippen LogP contribution < -0.4 is 14.8 Å². The van der Waals surface area contributed by atoms with Gasteiger partial charge in [-0.1, -0.05) is 0 Å². The standard InChI is InChI=1S/C12H16N2O6/c1-7(12(15)20-4)13-8-5-10(18-2)11(19-3)6-9(8)14(16)17/h5-7,13H,1-4H3. The minimum Gasteiger partial charge on any atom is -0.493 e. The van der Waals surface area contributed by atoms with Gasteiger partial charge in [0.1, 0.15) is 11.7 Å². The van der Waals surface area contributed by atoms with Crippen LogP contribution in [-0.4, -0.2) is 38.3 Å². The van der Waals surface area contributed by atoms with Crippen molar-refractivity contribution >= 4 is 17.3 Å². The molecule has 1 rings (SSSR count). The van der Waals surface area contributed by atoms with E-state index in [4.69, 9.17) is 9.47 Å². The highest BCUT2D eigenvalue weighted by Crippen LogP contribution is 2.37. The number of hydrogen-bond donors (Lipinski definition) is 1. The summed E-state index contributed by atoms with van der Waals surface area (Å²) in [4.78, 5) is 21.9. The predicted octanol–water partition coefficient (Wildman–Crippen LogP) is 1.59. The number of carbonyl (C=O) groups excluding carboxylic acids is 1. The number of hydrogen-bond acceptors (Lipinski definition) is 7. The maximum absolute atomic E-state index is 11.4. The topological polar surface area (TPSA) is 99.9 Å². The van der Waals surface area contributed by atoms with Gasteiger partial charge in [0.15, 0.2) is 11.5 Å². The molecule has 1 aromatic rings. The largest absolute Gasteiger partial charge is 0.493 e. The van der Waals surface area contributed by atoms with E-state index in [0.717, 1.165) is 0 Å². The van der Waals surface area contributed by atoms with Gasteiger partial charge in [0.2, 0.25) is 0 Å². The molecule has 0 aliphatic rings. The Morgan fingerprint density at radius 3 is 2.25 bits per heavy atom. The van der Waals surface area contributed by atoms with Crippen molar-refractivity contribution in [3.63, 3.8) is 0 Å². The Labute approximate surface area is 115 Å². The first kappa shape index (κ1) is 15.5. The number of benzene rings is 1. The fourth-order valence-electron chi connectivity index (χ4n) is 1.60. The average molecular weight is 284 g/mol. The molecule has 1 N–H and O–H groups in total. The van der Waals surface area contributed by atoms with Crippen molar-refractivity contribution in [1.29, 1.82) is 0 Å². The summed E-state index contributed by atoms with van der Waals surface area (Å²) in [7, 11) is 4.03. The van der Waals surface area contributed by atoms with E-state index in [2.05, 4.69) is 10.1 Å². The first-order valence-electron chi connectivity index (χ1n) is 5.69. The van der Waals surface area contributed by atoms with Gasteiger partial charge in [-0.25, -0.2) is 4.79 Å². The van der Waals surface area contributed by atoms with Gasteiger partial charge in [-0.15, -0.1) is 0 Å². The summed E-state index contributed by atoms with van der Waals surface area (Å²) in [6.07, 6.45) is 0. The van der Waals surface area contributed by atoms with Crippen molar-refractivity contribution in [2.45, 2.75) is 13.0 Å². The van der Waals surface area contributed by atoms with E-state index in [9.17, 15) is 14.9 Å². The second-order valence-corrected chi connectivity index (χ2v) is 3.87. The Morgan fingerprint density at radius 2 is 1.80 bits per heavy atom. The summed E-state index contributed by atoms with van der Waals surface area (Å²) < 4.78 is 14.6. The molecule has 0 aliphatic carbocycles. The van der Waals surface area contributed by atoms with Crippen molar-refractivity contribution in [3.8, 4) is 11.5 Å². The van der Waals surface area contributed by atoms with Crippen molar-refractivity contribution in [1.82, 2.24) is 0 Å². The molecule has 0 bridgehead atoms. The number of anilines is 1. The van der Waals surface area contributed by atoms with Crippen LogP contribution in [0.25, 0.3) is 0 Å². The molecule has 8 heteroatoms. The third-order valence-corrected chi connectivity index (χ3v) is 2.63. The molecule has 1 aromatic carbocycles. The highest BCUT2D eigenvalue weighted by atomic mass is 16.6. The molecule has 0 amide bonds. The molecular weight excluding hydrogens is 268 g/mol. The molecule has 0 saturated carbocycles. The van der Waals surface area contributed by atoms with Gasteiger partial charge in [-0.2, -0.15) is 0 Å². The molecule has 0 aliphatic heterocycles. The maximum atomic E-state index is 11.4. The molecule has 20 heavy (non-hydrogen) atoms. The van der Waals surface area contributed by atoms with Crippen molar-refractivity contribution in [2.75, 3.05) is 26.6 Å². The lowest BCUT2D eigenvalue weighted by Gasteiger charge is -2.15. The normalized spacial score (nSPS) is 11.4. The van der Waals surface area contributed by atoms with Crippen molar-refractivity contribution < 1.29 is 23.9 Å². The summed E-state index contributed by atoms with van der Waals surface area (Å²) in [6, 6.07) is 1.89. The van der Waals surface area contributed by atoms with E-state index in [0.29, 0.717) is 5.75 Å². The molecule has 0 heterocycles. The first-order valence-corrected chi connectivity index (χ1v) is 5.69. The lowest BCUT2D eigenvalue weighted by Crippen LogP contribution is -2.27. The minimum atomic E-state index is -0.739. The fourth-order valence-corrected chi connectivity index (χ4v) is 1.60. The number of nitro groups is 1. The zero-order valence-electron chi connectivity index (χ0n) is 11.6. The number of methoxy groups -OCH3 is 3. The number of carbonyl (C=O) groups is 1. The molecule has 8 nitrogen and oxygen atoms in total. The van der Waals surface area contributed by atoms with Crippen LogP contribution in [0.5, 0.6) is 11.5 Å². The van der Waals surface area contributed by atoms with E-state index in [-0.39, 0.29) is 17.1 Å². The summed E-state index contributed by atoms with van der Waals surface area (Å²) >= 11 is 0. The van der Waals surface area contributed by atoms with Crippen LogP contribution in [0, 0.1) is 10.1 Å². The monoisotopic (exact) mass is 284 g/mol. The molecule has 1 unspecified atom stereocenters. The molecule has 0 aromatic heterocycles. The number of rotatable bonds is 6. The zero-order valence-corrected chi connectivity index (χ0v) is 11.6. The SMILES string of the molecule is COC(=O)C(C)Nc1cc(OC)c(OC)cc1[N+](=O)[O-]. The van der Waals surface area contributed by atoms with Gasteiger partial charge in [0.25, 0.3) is 5.69 Å². The van der Waals surface area contributed by atoms with Crippen LogP contribution in [0.2, 0.25) is 0 Å². The van der Waals surface area contributed by atoms with E-state index in [1.54, 1.807) is 0 Å². The van der Waals surface area contributed by atoms with Crippen molar-refractivity contribution in [3.05, 3.63) is 22.2 Å². The van der Waals surface area contributed by atoms with Crippen LogP contribution in [0.15, 0.2) is 12.1 Å². The second-order valence-electron chi connectivity index (χ2n) is 3.87. The van der Waals surface area contributed by atoms with E-state index in [1.807, 2.05) is 0 Å². The van der Waals surface area contributed by atoms with Gasteiger partial charge in [0.05, 0.1) is 32.3 Å². The van der Waals surface area contributed by atoms with E-state index < -0.39 is 16.9 Å². The number of nitro benzene ring substituents is 1. The van der Waals surface area contributed by atoms with E-state index in [1.165, 1.54) is 40.4 Å². The van der Waals surface area contributed by atoms with Crippen molar-refractivity contribution in [2.24, 2.45) is 0 Å². The quantitative estimate of drug-likeness (QED) is 0.481. The average Bonchev–Trinajstić information content (AvgIpc) is 2.45.